The number of thiazole rings is 1. The van der Waals surface area contributed by atoms with E-state index in [1.54, 1.807) is 16.2 Å². The van der Waals surface area contributed by atoms with E-state index < -0.39 is 0 Å². The molecule has 0 bridgehead atoms. The van der Waals surface area contributed by atoms with Gasteiger partial charge in [-0.1, -0.05) is 0 Å². The molecule has 2 amide bonds. The summed E-state index contributed by atoms with van der Waals surface area (Å²) in [5.74, 6) is 0. The van der Waals surface area contributed by atoms with Crippen molar-refractivity contribution in [1.29, 1.82) is 0 Å². The molecule has 0 aromatic carbocycles. The van der Waals surface area contributed by atoms with Crippen LogP contribution in [-0.4, -0.2) is 47.3 Å². The normalized spacial score (nSPS) is 28.6. The largest absolute Gasteiger partial charge is 0.372 e. The van der Waals surface area contributed by atoms with E-state index in [2.05, 4.69) is 4.98 Å². The van der Waals surface area contributed by atoms with Crippen molar-refractivity contribution in [2.24, 2.45) is 5.73 Å². The smallest absolute Gasteiger partial charge is 0.315 e. The van der Waals surface area contributed by atoms with E-state index in [0.29, 0.717) is 19.8 Å². The predicted octanol–water partition coefficient (Wildman–Crippen LogP) is 1.67. The van der Waals surface area contributed by atoms with Gasteiger partial charge in [0.1, 0.15) is 0 Å². The second-order valence-electron chi connectivity index (χ2n) is 5.63. The molecule has 3 rings (SSSR count). The number of ether oxygens (including phenoxy) is 2. The second kappa shape index (κ2) is 6.29. The lowest BCUT2D eigenvalue weighted by molar-refractivity contribution is -0.0982. The summed E-state index contributed by atoms with van der Waals surface area (Å²) in [7, 11) is 0. The SMILES string of the molecule is Cc1nc(COC[C@@H]2CC[C@@H]3[C@@H](CCN3C(N)=O)O2)cs1. The van der Waals surface area contributed by atoms with Crippen LogP contribution in [0.4, 0.5) is 4.79 Å². The Morgan fingerprint density at radius 1 is 1.57 bits per heavy atom. The molecule has 6 nitrogen and oxygen atoms in total. The van der Waals surface area contributed by atoms with Crippen LogP contribution < -0.4 is 5.73 Å². The molecule has 2 N–H and O–H groups in total. The molecule has 2 aliphatic heterocycles. The van der Waals surface area contributed by atoms with Gasteiger partial charge in [-0.15, -0.1) is 11.3 Å². The topological polar surface area (TPSA) is 77.7 Å². The highest BCUT2D eigenvalue weighted by Crippen LogP contribution is 2.31. The molecule has 0 radical (unpaired) electrons. The zero-order valence-electron chi connectivity index (χ0n) is 12.2. The van der Waals surface area contributed by atoms with Crippen molar-refractivity contribution in [2.45, 2.75) is 51.0 Å². The molecule has 2 saturated heterocycles. The molecule has 1 aromatic heterocycles. The number of nitrogens with zero attached hydrogens (tertiary/aromatic N) is 2. The average molecular weight is 311 g/mol. The van der Waals surface area contributed by atoms with E-state index in [1.807, 2.05) is 12.3 Å². The Hall–Kier alpha value is -1.18. The first-order valence-electron chi connectivity index (χ1n) is 7.34. The van der Waals surface area contributed by atoms with E-state index >= 15 is 0 Å². The van der Waals surface area contributed by atoms with E-state index in [1.165, 1.54) is 0 Å². The van der Waals surface area contributed by atoms with Crippen molar-refractivity contribution >= 4 is 17.4 Å². The number of fused-ring (bicyclic) bond motifs is 1. The zero-order valence-corrected chi connectivity index (χ0v) is 13.0. The first kappa shape index (κ1) is 14.7. The number of rotatable bonds is 4. The molecule has 116 valence electrons. The number of urea groups is 1. The Labute approximate surface area is 128 Å². The number of likely N-dealkylation sites (tertiary alicyclic amines) is 1. The van der Waals surface area contributed by atoms with Crippen molar-refractivity contribution in [1.82, 2.24) is 9.88 Å². The standard InChI is InChI=1S/C14H21N3O3S/c1-9-16-10(8-21-9)6-19-7-11-2-3-12-13(20-11)4-5-17(12)14(15)18/h8,11-13H,2-7H2,1H3,(H2,15,18)/t11-,12+,13+/m0/s1. The van der Waals surface area contributed by atoms with Gasteiger partial charge in [-0.2, -0.15) is 0 Å². The maximum Gasteiger partial charge on any atom is 0.315 e. The van der Waals surface area contributed by atoms with E-state index in [0.717, 1.165) is 30.0 Å². The summed E-state index contributed by atoms with van der Waals surface area (Å²) in [6, 6.07) is -0.181. The van der Waals surface area contributed by atoms with Crippen LogP contribution in [0.25, 0.3) is 0 Å². The lowest BCUT2D eigenvalue weighted by Gasteiger charge is -2.35. The third kappa shape index (κ3) is 3.36. The fourth-order valence-corrected chi connectivity index (χ4v) is 3.76. The van der Waals surface area contributed by atoms with Crippen molar-refractivity contribution in [3.63, 3.8) is 0 Å². The van der Waals surface area contributed by atoms with Gasteiger partial charge >= 0.3 is 6.03 Å². The molecule has 0 saturated carbocycles. The van der Waals surface area contributed by atoms with Gasteiger partial charge in [0.05, 0.1) is 42.2 Å². The molecule has 0 spiro atoms. The number of primary amides is 1. The van der Waals surface area contributed by atoms with Crippen molar-refractivity contribution < 1.29 is 14.3 Å². The van der Waals surface area contributed by atoms with Gasteiger partial charge in [-0.25, -0.2) is 9.78 Å². The summed E-state index contributed by atoms with van der Waals surface area (Å²) in [6.07, 6.45) is 2.94. The molecule has 0 unspecified atom stereocenters. The molecular weight excluding hydrogens is 290 g/mol. The number of hydrogen-bond donors (Lipinski definition) is 1. The third-order valence-electron chi connectivity index (χ3n) is 4.14. The number of carbonyl (C=O) groups is 1. The van der Waals surface area contributed by atoms with Gasteiger partial charge in [-0.05, 0) is 26.2 Å². The van der Waals surface area contributed by atoms with Gasteiger partial charge in [0, 0.05) is 11.9 Å². The van der Waals surface area contributed by atoms with Crippen LogP contribution in [0, 0.1) is 6.92 Å². The summed E-state index contributed by atoms with van der Waals surface area (Å²) in [6.45, 7) is 3.81. The van der Waals surface area contributed by atoms with Crippen LogP contribution in [-0.2, 0) is 16.1 Å². The van der Waals surface area contributed by atoms with Gasteiger partial charge in [-0.3, -0.25) is 0 Å². The Kier molecular flexibility index (Phi) is 4.42. The summed E-state index contributed by atoms with van der Waals surface area (Å²) < 4.78 is 11.8. The monoisotopic (exact) mass is 311 g/mol. The average Bonchev–Trinajstić information content (AvgIpc) is 3.04. The highest BCUT2D eigenvalue weighted by atomic mass is 32.1. The minimum atomic E-state index is -0.334. The Morgan fingerprint density at radius 2 is 2.43 bits per heavy atom. The number of aromatic nitrogens is 1. The molecule has 21 heavy (non-hydrogen) atoms. The first-order valence-corrected chi connectivity index (χ1v) is 8.21. The van der Waals surface area contributed by atoms with E-state index in [9.17, 15) is 4.79 Å². The Morgan fingerprint density at radius 3 is 3.14 bits per heavy atom. The molecule has 3 atom stereocenters. The fourth-order valence-electron chi connectivity index (χ4n) is 3.16. The summed E-state index contributed by atoms with van der Waals surface area (Å²) in [5, 5.41) is 3.08. The molecule has 0 aliphatic carbocycles. The van der Waals surface area contributed by atoms with Gasteiger partial charge in [0.2, 0.25) is 0 Å². The number of carbonyl (C=O) groups excluding carboxylic acids is 1. The molecular formula is C14H21N3O3S. The van der Waals surface area contributed by atoms with Crippen LogP contribution in [0.1, 0.15) is 30.0 Å². The van der Waals surface area contributed by atoms with Crippen molar-refractivity contribution in [2.75, 3.05) is 13.2 Å². The fraction of sp³-hybridized carbons (Fsp3) is 0.714. The lowest BCUT2D eigenvalue weighted by atomic mass is 9.99. The lowest BCUT2D eigenvalue weighted by Crippen LogP contribution is -2.47. The summed E-state index contributed by atoms with van der Waals surface area (Å²) in [5.41, 5.74) is 6.37. The second-order valence-corrected chi connectivity index (χ2v) is 6.70. The van der Waals surface area contributed by atoms with Gasteiger partial charge in [0.25, 0.3) is 0 Å². The molecule has 7 heteroatoms. The maximum atomic E-state index is 11.3. The van der Waals surface area contributed by atoms with Crippen LogP contribution in [0.2, 0.25) is 0 Å². The Balaban J connectivity index is 1.44. The van der Waals surface area contributed by atoms with Crippen LogP contribution in [0.15, 0.2) is 5.38 Å². The van der Waals surface area contributed by atoms with E-state index in [-0.39, 0.29) is 24.3 Å². The number of hydrogen-bond acceptors (Lipinski definition) is 5. The van der Waals surface area contributed by atoms with E-state index in [4.69, 9.17) is 15.2 Å². The first-order chi connectivity index (χ1) is 10.1. The predicted molar refractivity (Wildman–Crippen MR) is 79.1 cm³/mol. The van der Waals surface area contributed by atoms with Gasteiger partial charge in [0.15, 0.2) is 0 Å². The Bertz CT molecular complexity index is 507. The number of nitrogens with two attached hydrogens (primary N) is 1. The maximum absolute atomic E-state index is 11.3. The van der Waals surface area contributed by atoms with Crippen LogP contribution >= 0.6 is 11.3 Å². The minimum absolute atomic E-state index is 0.110. The number of aryl methyl sites for hydroxylation is 1. The third-order valence-corrected chi connectivity index (χ3v) is 4.96. The highest BCUT2D eigenvalue weighted by Gasteiger charge is 2.41. The van der Waals surface area contributed by atoms with Crippen molar-refractivity contribution in [3.8, 4) is 0 Å². The minimum Gasteiger partial charge on any atom is -0.372 e. The molecule has 3 heterocycles. The van der Waals surface area contributed by atoms with Gasteiger partial charge < -0.3 is 20.1 Å². The zero-order chi connectivity index (χ0) is 14.8. The number of amides is 2. The molecule has 1 aromatic rings. The summed E-state index contributed by atoms with van der Waals surface area (Å²) >= 11 is 1.63. The van der Waals surface area contributed by atoms with Crippen LogP contribution in [0.5, 0.6) is 0 Å². The molecule has 2 fully saturated rings. The summed E-state index contributed by atoms with van der Waals surface area (Å²) in [4.78, 5) is 17.4. The van der Waals surface area contributed by atoms with Crippen molar-refractivity contribution in [3.05, 3.63) is 16.1 Å². The highest BCUT2D eigenvalue weighted by molar-refractivity contribution is 7.09. The molecule has 2 aliphatic rings. The van der Waals surface area contributed by atoms with Crippen LogP contribution in [0.3, 0.4) is 0 Å². The quantitative estimate of drug-likeness (QED) is 0.917.